The molecule has 0 radical (unpaired) electrons. The zero-order valence-corrected chi connectivity index (χ0v) is 12.1. The van der Waals surface area contributed by atoms with Crippen molar-refractivity contribution < 1.29 is 0 Å². The second kappa shape index (κ2) is 5.41. The van der Waals surface area contributed by atoms with E-state index in [0.717, 1.165) is 5.69 Å². The van der Waals surface area contributed by atoms with Crippen LogP contribution in [0.3, 0.4) is 0 Å². The van der Waals surface area contributed by atoms with Crippen LogP contribution in [0.2, 0.25) is 0 Å². The van der Waals surface area contributed by atoms with Crippen LogP contribution >= 0.6 is 0 Å². The zero-order chi connectivity index (χ0) is 13.2. The van der Waals surface area contributed by atoms with Gasteiger partial charge in [0.15, 0.2) is 0 Å². The molecule has 1 fully saturated rings. The summed E-state index contributed by atoms with van der Waals surface area (Å²) >= 11 is 0. The Kier molecular flexibility index (Phi) is 4.07. The minimum absolute atomic E-state index is 0.210. The Morgan fingerprint density at radius 3 is 2.44 bits per heavy atom. The van der Waals surface area contributed by atoms with Crippen molar-refractivity contribution in [2.24, 2.45) is 7.05 Å². The first-order valence-corrected chi connectivity index (χ1v) is 6.94. The molecule has 0 spiro atoms. The highest BCUT2D eigenvalue weighted by atomic mass is 15.3. The molecule has 0 amide bonds. The van der Waals surface area contributed by atoms with Gasteiger partial charge < -0.3 is 10.2 Å². The Labute approximate surface area is 110 Å². The molecule has 1 aliphatic rings. The minimum atomic E-state index is 0.210. The SMILES string of the molecule is CNC(c1ccn(C)n1)C1(N(C)C)CCCCC1. The van der Waals surface area contributed by atoms with E-state index < -0.39 is 0 Å². The van der Waals surface area contributed by atoms with E-state index in [1.54, 1.807) is 0 Å². The Bertz CT molecular complexity index is 377. The molecule has 0 bridgehead atoms. The largest absolute Gasteiger partial charge is 0.310 e. The number of likely N-dealkylation sites (N-methyl/N-ethyl adjacent to an activating group) is 2. The molecule has 0 aromatic carbocycles. The Hall–Kier alpha value is -0.870. The van der Waals surface area contributed by atoms with E-state index >= 15 is 0 Å². The molecule has 18 heavy (non-hydrogen) atoms. The molecular formula is C14H26N4. The van der Waals surface area contributed by atoms with Gasteiger partial charge in [-0.05, 0) is 40.1 Å². The fraction of sp³-hybridized carbons (Fsp3) is 0.786. The smallest absolute Gasteiger partial charge is 0.0812 e. The van der Waals surface area contributed by atoms with Crippen LogP contribution in [0.25, 0.3) is 0 Å². The van der Waals surface area contributed by atoms with Crippen molar-refractivity contribution in [3.63, 3.8) is 0 Å². The van der Waals surface area contributed by atoms with Crippen LogP contribution in [0.4, 0.5) is 0 Å². The molecule has 1 unspecified atom stereocenters. The van der Waals surface area contributed by atoms with Gasteiger partial charge in [-0.1, -0.05) is 19.3 Å². The van der Waals surface area contributed by atoms with Gasteiger partial charge in [0.1, 0.15) is 0 Å². The topological polar surface area (TPSA) is 33.1 Å². The van der Waals surface area contributed by atoms with Crippen molar-refractivity contribution in [1.82, 2.24) is 20.0 Å². The first-order valence-electron chi connectivity index (χ1n) is 6.94. The van der Waals surface area contributed by atoms with Crippen molar-refractivity contribution in [3.8, 4) is 0 Å². The molecule has 1 heterocycles. The molecular weight excluding hydrogens is 224 g/mol. The molecule has 2 rings (SSSR count). The van der Waals surface area contributed by atoms with Crippen LogP contribution in [0.15, 0.2) is 12.3 Å². The van der Waals surface area contributed by atoms with Gasteiger partial charge in [0.2, 0.25) is 0 Å². The molecule has 0 aliphatic heterocycles. The van der Waals surface area contributed by atoms with Crippen LogP contribution < -0.4 is 5.32 Å². The normalized spacial score (nSPS) is 21.2. The predicted octanol–water partition coefficient (Wildman–Crippen LogP) is 1.95. The number of nitrogens with zero attached hydrogens (tertiary/aromatic N) is 3. The summed E-state index contributed by atoms with van der Waals surface area (Å²) in [5, 5.41) is 8.12. The summed E-state index contributed by atoms with van der Waals surface area (Å²) in [6.07, 6.45) is 8.55. The summed E-state index contributed by atoms with van der Waals surface area (Å²) in [4.78, 5) is 2.40. The van der Waals surface area contributed by atoms with Gasteiger partial charge in [0.25, 0.3) is 0 Å². The third-order valence-corrected chi connectivity index (χ3v) is 4.47. The van der Waals surface area contributed by atoms with Gasteiger partial charge in [-0.3, -0.25) is 4.68 Å². The fourth-order valence-electron chi connectivity index (χ4n) is 3.44. The number of nitrogens with one attached hydrogen (secondary N) is 1. The lowest BCUT2D eigenvalue weighted by molar-refractivity contribution is 0.0576. The number of aryl methyl sites for hydroxylation is 1. The summed E-state index contributed by atoms with van der Waals surface area (Å²) in [5.41, 5.74) is 1.37. The third kappa shape index (κ3) is 2.31. The lowest BCUT2D eigenvalue weighted by Gasteiger charge is -2.48. The van der Waals surface area contributed by atoms with Gasteiger partial charge in [0, 0.05) is 18.8 Å². The van der Waals surface area contributed by atoms with Crippen LogP contribution in [-0.4, -0.2) is 41.4 Å². The molecule has 102 valence electrons. The molecule has 1 aliphatic carbocycles. The maximum atomic E-state index is 4.61. The number of hydrogen-bond acceptors (Lipinski definition) is 3. The van der Waals surface area contributed by atoms with E-state index in [1.807, 2.05) is 17.9 Å². The summed E-state index contributed by atoms with van der Waals surface area (Å²) in [6.45, 7) is 0. The second-order valence-corrected chi connectivity index (χ2v) is 5.69. The first-order chi connectivity index (χ1) is 8.60. The Morgan fingerprint density at radius 1 is 1.33 bits per heavy atom. The van der Waals surface area contributed by atoms with Crippen LogP contribution in [-0.2, 0) is 7.05 Å². The molecule has 1 aromatic rings. The summed E-state index contributed by atoms with van der Waals surface area (Å²) < 4.78 is 1.89. The highest BCUT2D eigenvalue weighted by Gasteiger charge is 2.42. The maximum absolute atomic E-state index is 4.61. The van der Waals surface area contributed by atoms with Crippen LogP contribution in [0.1, 0.15) is 43.8 Å². The molecule has 4 heteroatoms. The van der Waals surface area contributed by atoms with E-state index in [0.29, 0.717) is 6.04 Å². The molecule has 1 saturated carbocycles. The van der Waals surface area contributed by atoms with E-state index in [-0.39, 0.29) is 5.54 Å². The van der Waals surface area contributed by atoms with E-state index in [2.05, 4.69) is 42.5 Å². The predicted molar refractivity (Wildman–Crippen MR) is 74.5 cm³/mol. The van der Waals surface area contributed by atoms with Gasteiger partial charge in [-0.2, -0.15) is 5.10 Å². The van der Waals surface area contributed by atoms with Crippen molar-refractivity contribution in [2.45, 2.75) is 43.7 Å². The first kappa shape index (κ1) is 13.6. The minimum Gasteiger partial charge on any atom is -0.310 e. The average molecular weight is 250 g/mol. The third-order valence-electron chi connectivity index (χ3n) is 4.47. The number of hydrogen-bond donors (Lipinski definition) is 1. The van der Waals surface area contributed by atoms with Crippen molar-refractivity contribution in [2.75, 3.05) is 21.1 Å². The molecule has 1 atom stereocenters. The van der Waals surface area contributed by atoms with Gasteiger partial charge in [-0.25, -0.2) is 0 Å². The van der Waals surface area contributed by atoms with Crippen molar-refractivity contribution in [3.05, 3.63) is 18.0 Å². The Morgan fingerprint density at radius 2 is 2.00 bits per heavy atom. The Balaban J connectivity index is 2.32. The molecule has 1 N–H and O–H groups in total. The highest BCUT2D eigenvalue weighted by Crippen LogP contribution is 2.41. The molecule has 1 aromatic heterocycles. The number of rotatable bonds is 4. The summed E-state index contributed by atoms with van der Waals surface area (Å²) in [6, 6.07) is 2.45. The molecule has 4 nitrogen and oxygen atoms in total. The average Bonchev–Trinajstić information content (AvgIpc) is 2.77. The summed E-state index contributed by atoms with van der Waals surface area (Å²) in [5.74, 6) is 0. The zero-order valence-electron chi connectivity index (χ0n) is 12.1. The van der Waals surface area contributed by atoms with E-state index in [1.165, 1.54) is 32.1 Å². The van der Waals surface area contributed by atoms with E-state index in [4.69, 9.17) is 0 Å². The van der Waals surface area contributed by atoms with Crippen molar-refractivity contribution >= 4 is 0 Å². The van der Waals surface area contributed by atoms with Gasteiger partial charge in [0.05, 0.1) is 11.7 Å². The van der Waals surface area contributed by atoms with Gasteiger partial charge in [-0.15, -0.1) is 0 Å². The van der Waals surface area contributed by atoms with Crippen LogP contribution in [0, 0.1) is 0 Å². The molecule has 0 saturated heterocycles. The number of aromatic nitrogens is 2. The standard InChI is InChI=1S/C14H26N4/c1-15-13(12-8-11-18(4)16-12)14(17(2)3)9-6-5-7-10-14/h8,11,13,15H,5-7,9-10H2,1-4H3. The quantitative estimate of drug-likeness (QED) is 0.886. The fourth-order valence-corrected chi connectivity index (χ4v) is 3.44. The van der Waals surface area contributed by atoms with Gasteiger partial charge >= 0.3 is 0 Å². The lowest BCUT2D eigenvalue weighted by Crippen LogP contribution is -2.54. The second-order valence-electron chi connectivity index (χ2n) is 5.69. The van der Waals surface area contributed by atoms with Crippen molar-refractivity contribution in [1.29, 1.82) is 0 Å². The maximum Gasteiger partial charge on any atom is 0.0812 e. The lowest BCUT2D eigenvalue weighted by atomic mass is 9.74. The van der Waals surface area contributed by atoms with E-state index in [9.17, 15) is 0 Å². The monoisotopic (exact) mass is 250 g/mol. The summed E-state index contributed by atoms with van der Waals surface area (Å²) in [7, 11) is 8.45. The van der Waals surface area contributed by atoms with Crippen LogP contribution in [0.5, 0.6) is 0 Å². The highest BCUT2D eigenvalue weighted by molar-refractivity contribution is 5.15.